The Morgan fingerprint density at radius 1 is 0.966 bits per heavy atom. The predicted octanol–water partition coefficient (Wildman–Crippen LogP) is 3.63. The standard InChI is InChI=1S/C22H24N2O4S/c25-20(14-28-21(26)15-29-17-10-2-1-3-11-17)24-19-13-7-6-12-18(19)22(27)23-16-8-4-5-9-16/h1-3,6-7,10-13,16H,4-5,8-9,14-15H2,(H,23,27)(H,24,25). The first-order chi connectivity index (χ1) is 14.1. The molecule has 0 radical (unpaired) electrons. The van der Waals surface area contributed by atoms with Crippen LogP contribution in [0.15, 0.2) is 59.5 Å². The Kier molecular flexibility index (Phi) is 7.69. The molecule has 0 aliphatic heterocycles. The fourth-order valence-electron chi connectivity index (χ4n) is 3.16. The van der Waals surface area contributed by atoms with E-state index in [-0.39, 0.29) is 17.7 Å². The molecule has 0 spiro atoms. The number of benzene rings is 2. The number of carbonyl (C=O) groups excluding carboxylic acids is 3. The van der Waals surface area contributed by atoms with Crippen LogP contribution < -0.4 is 10.6 Å². The minimum absolute atomic E-state index is 0.123. The molecule has 29 heavy (non-hydrogen) atoms. The van der Waals surface area contributed by atoms with Gasteiger partial charge in [0, 0.05) is 10.9 Å². The number of hydrogen-bond donors (Lipinski definition) is 2. The van der Waals surface area contributed by atoms with E-state index in [2.05, 4.69) is 10.6 Å². The molecule has 0 unspecified atom stereocenters. The van der Waals surface area contributed by atoms with Crippen molar-refractivity contribution in [3.05, 3.63) is 60.2 Å². The van der Waals surface area contributed by atoms with Crippen molar-refractivity contribution in [1.29, 1.82) is 0 Å². The van der Waals surface area contributed by atoms with Crippen LogP contribution in [0.5, 0.6) is 0 Å². The number of anilines is 1. The normalized spacial score (nSPS) is 13.7. The van der Waals surface area contributed by atoms with Crippen molar-refractivity contribution in [3.8, 4) is 0 Å². The maximum absolute atomic E-state index is 12.5. The van der Waals surface area contributed by atoms with Gasteiger partial charge in [-0.1, -0.05) is 43.2 Å². The van der Waals surface area contributed by atoms with Crippen molar-refractivity contribution in [3.63, 3.8) is 0 Å². The first kappa shape index (κ1) is 20.9. The first-order valence-electron chi connectivity index (χ1n) is 9.65. The summed E-state index contributed by atoms with van der Waals surface area (Å²) in [5, 5.41) is 5.67. The molecule has 1 fully saturated rings. The van der Waals surface area contributed by atoms with Crippen molar-refractivity contribution in [2.75, 3.05) is 17.7 Å². The summed E-state index contributed by atoms with van der Waals surface area (Å²) in [4.78, 5) is 37.5. The third kappa shape index (κ3) is 6.64. The Balaban J connectivity index is 1.47. The van der Waals surface area contributed by atoms with E-state index in [9.17, 15) is 14.4 Å². The van der Waals surface area contributed by atoms with Crippen LogP contribution in [0.3, 0.4) is 0 Å². The number of amides is 2. The number of para-hydroxylation sites is 1. The SMILES string of the molecule is O=C(COC(=O)CSc1ccccc1)Nc1ccccc1C(=O)NC1CCCC1. The highest BCUT2D eigenvalue weighted by Crippen LogP contribution is 2.20. The van der Waals surface area contributed by atoms with E-state index in [4.69, 9.17) is 4.74 Å². The topological polar surface area (TPSA) is 84.5 Å². The van der Waals surface area contributed by atoms with Crippen LogP contribution in [0, 0.1) is 0 Å². The van der Waals surface area contributed by atoms with Crippen LogP contribution >= 0.6 is 11.8 Å². The van der Waals surface area contributed by atoms with Gasteiger partial charge in [0.1, 0.15) is 0 Å². The molecule has 152 valence electrons. The van der Waals surface area contributed by atoms with E-state index in [0.717, 1.165) is 30.6 Å². The highest BCUT2D eigenvalue weighted by atomic mass is 32.2. The lowest BCUT2D eigenvalue weighted by molar-refractivity contribution is -0.144. The molecule has 7 heteroatoms. The lowest BCUT2D eigenvalue weighted by Gasteiger charge is -2.15. The third-order valence-electron chi connectivity index (χ3n) is 4.60. The molecule has 1 saturated carbocycles. The summed E-state index contributed by atoms with van der Waals surface area (Å²) in [6.07, 6.45) is 4.21. The van der Waals surface area contributed by atoms with Crippen molar-refractivity contribution >= 4 is 35.2 Å². The van der Waals surface area contributed by atoms with Gasteiger partial charge in [-0.05, 0) is 37.1 Å². The van der Waals surface area contributed by atoms with Crippen LogP contribution in [-0.2, 0) is 14.3 Å². The molecular formula is C22H24N2O4S. The highest BCUT2D eigenvalue weighted by molar-refractivity contribution is 8.00. The summed E-state index contributed by atoms with van der Waals surface area (Å²) in [5.74, 6) is -1.04. The zero-order valence-corrected chi connectivity index (χ0v) is 16.9. The van der Waals surface area contributed by atoms with Crippen molar-refractivity contribution in [1.82, 2.24) is 5.32 Å². The van der Waals surface area contributed by atoms with Gasteiger partial charge in [-0.25, -0.2) is 0 Å². The molecule has 3 rings (SSSR count). The average Bonchev–Trinajstić information content (AvgIpc) is 3.25. The lowest BCUT2D eigenvalue weighted by Crippen LogP contribution is -2.33. The fraction of sp³-hybridized carbons (Fsp3) is 0.318. The van der Waals surface area contributed by atoms with Crippen LogP contribution in [-0.4, -0.2) is 36.2 Å². The predicted molar refractivity (Wildman–Crippen MR) is 113 cm³/mol. The Morgan fingerprint density at radius 3 is 2.41 bits per heavy atom. The second-order valence-electron chi connectivity index (χ2n) is 6.81. The van der Waals surface area contributed by atoms with Crippen molar-refractivity contribution < 1.29 is 19.1 Å². The monoisotopic (exact) mass is 412 g/mol. The van der Waals surface area contributed by atoms with Gasteiger partial charge in [0.05, 0.1) is 17.0 Å². The number of rotatable bonds is 8. The van der Waals surface area contributed by atoms with E-state index in [1.165, 1.54) is 11.8 Å². The highest BCUT2D eigenvalue weighted by Gasteiger charge is 2.20. The Morgan fingerprint density at radius 2 is 1.66 bits per heavy atom. The Labute approximate surface area is 174 Å². The summed E-state index contributed by atoms with van der Waals surface area (Å²) in [6, 6.07) is 16.5. The van der Waals surface area contributed by atoms with Crippen molar-refractivity contribution in [2.24, 2.45) is 0 Å². The largest absolute Gasteiger partial charge is 0.455 e. The lowest BCUT2D eigenvalue weighted by atomic mass is 10.1. The molecule has 6 nitrogen and oxygen atoms in total. The van der Waals surface area contributed by atoms with E-state index < -0.39 is 18.5 Å². The van der Waals surface area contributed by atoms with Gasteiger partial charge in [-0.2, -0.15) is 0 Å². The second-order valence-corrected chi connectivity index (χ2v) is 7.86. The number of carbonyl (C=O) groups is 3. The minimum atomic E-state index is -0.482. The van der Waals surface area contributed by atoms with Gasteiger partial charge in [0.25, 0.3) is 11.8 Å². The van der Waals surface area contributed by atoms with Crippen LogP contribution in [0.1, 0.15) is 36.0 Å². The average molecular weight is 413 g/mol. The summed E-state index contributed by atoms with van der Waals surface area (Å²) in [6.45, 7) is -0.396. The second kappa shape index (κ2) is 10.7. The molecule has 0 heterocycles. The molecule has 1 aliphatic rings. The van der Waals surface area contributed by atoms with Gasteiger partial charge in [-0.3, -0.25) is 14.4 Å². The molecule has 2 amide bonds. The Bertz CT molecular complexity index is 851. The smallest absolute Gasteiger partial charge is 0.316 e. The molecular weight excluding hydrogens is 388 g/mol. The van der Waals surface area contributed by atoms with E-state index in [1.807, 2.05) is 30.3 Å². The quantitative estimate of drug-likeness (QED) is 0.511. The maximum Gasteiger partial charge on any atom is 0.316 e. The molecule has 0 aromatic heterocycles. The minimum Gasteiger partial charge on any atom is -0.455 e. The number of hydrogen-bond acceptors (Lipinski definition) is 5. The molecule has 2 N–H and O–H groups in total. The number of ether oxygens (including phenoxy) is 1. The van der Waals surface area contributed by atoms with Crippen LogP contribution in [0.25, 0.3) is 0 Å². The van der Waals surface area contributed by atoms with Crippen molar-refractivity contribution in [2.45, 2.75) is 36.6 Å². The van der Waals surface area contributed by atoms with Gasteiger partial charge >= 0.3 is 5.97 Å². The summed E-state index contributed by atoms with van der Waals surface area (Å²) in [7, 11) is 0. The van der Waals surface area contributed by atoms with Crippen LogP contribution in [0.4, 0.5) is 5.69 Å². The van der Waals surface area contributed by atoms with E-state index in [0.29, 0.717) is 11.3 Å². The summed E-state index contributed by atoms with van der Waals surface area (Å²) in [5.41, 5.74) is 0.807. The number of thioether (sulfide) groups is 1. The summed E-state index contributed by atoms with van der Waals surface area (Å²) >= 11 is 1.35. The van der Waals surface area contributed by atoms with E-state index >= 15 is 0 Å². The molecule has 1 aliphatic carbocycles. The molecule has 0 saturated heterocycles. The van der Waals surface area contributed by atoms with Gasteiger partial charge < -0.3 is 15.4 Å². The van der Waals surface area contributed by atoms with Gasteiger partial charge in [0.15, 0.2) is 6.61 Å². The zero-order valence-electron chi connectivity index (χ0n) is 16.1. The van der Waals surface area contributed by atoms with Gasteiger partial charge in [0.2, 0.25) is 0 Å². The molecule has 2 aromatic carbocycles. The number of nitrogens with one attached hydrogen (secondary N) is 2. The maximum atomic E-state index is 12.5. The third-order valence-corrected chi connectivity index (χ3v) is 5.59. The molecule has 2 aromatic rings. The fourth-order valence-corrected chi connectivity index (χ4v) is 3.87. The molecule has 0 bridgehead atoms. The molecule has 0 atom stereocenters. The Hall–Kier alpha value is -2.80. The van der Waals surface area contributed by atoms with Gasteiger partial charge in [-0.15, -0.1) is 11.8 Å². The van der Waals surface area contributed by atoms with E-state index in [1.54, 1.807) is 24.3 Å². The summed E-state index contributed by atoms with van der Waals surface area (Å²) < 4.78 is 5.03. The first-order valence-corrected chi connectivity index (χ1v) is 10.6. The number of esters is 1. The zero-order chi connectivity index (χ0) is 20.5. The van der Waals surface area contributed by atoms with Crippen LogP contribution in [0.2, 0.25) is 0 Å².